The van der Waals surface area contributed by atoms with E-state index in [2.05, 4.69) is 6.92 Å². The Bertz CT molecular complexity index is 215. The minimum atomic E-state index is -0.560. The Kier molecular flexibility index (Phi) is 27.0. The molecule has 0 heterocycles. The van der Waals surface area contributed by atoms with Gasteiger partial charge < -0.3 is 34.6 Å². The third-order valence-electron chi connectivity index (χ3n) is 2.36. The van der Waals surface area contributed by atoms with Gasteiger partial charge >= 0.3 is 0 Å². The molecule has 24 heavy (non-hydrogen) atoms. The Morgan fingerprint density at radius 1 is 0.708 bits per heavy atom. The molecule has 0 aliphatic rings. The minimum absolute atomic E-state index is 0.0293. The van der Waals surface area contributed by atoms with Gasteiger partial charge in [-0.1, -0.05) is 6.92 Å². The van der Waals surface area contributed by atoms with Crippen molar-refractivity contribution in [1.29, 1.82) is 0 Å². The SMILES string of the molecule is CC(O)CO.CCCOC(C)COC(C)COC(C)CO.CCO. The van der Waals surface area contributed by atoms with Gasteiger partial charge in [0.1, 0.15) is 0 Å². The largest absolute Gasteiger partial charge is 0.397 e. The fourth-order valence-corrected chi connectivity index (χ4v) is 1.07. The highest BCUT2D eigenvalue weighted by Gasteiger charge is 2.08. The first kappa shape index (κ1) is 28.5. The molecule has 0 bridgehead atoms. The summed E-state index contributed by atoms with van der Waals surface area (Å²) in [5.41, 5.74) is 0. The first-order valence-electron chi connectivity index (χ1n) is 8.64. The van der Waals surface area contributed by atoms with Crippen molar-refractivity contribution in [2.24, 2.45) is 0 Å². The second-order valence-electron chi connectivity index (χ2n) is 5.50. The zero-order valence-electron chi connectivity index (χ0n) is 16.3. The lowest BCUT2D eigenvalue weighted by Crippen LogP contribution is -2.26. The van der Waals surface area contributed by atoms with Crippen LogP contribution in [0.5, 0.6) is 0 Å². The number of hydrogen-bond acceptors (Lipinski definition) is 7. The molecule has 0 saturated carbocycles. The molecule has 7 heteroatoms. The lowest BCUT2D eigenvalue weighted by Gasteiger charge is -2.19. The van der Waals surface area contributed by atoms with Gasteiger partial charge in [-0.3, -0.25) is 0 Å². The van der Waals surface area contributed by atoms with Crippen LogP contribution in [-0.2, 0) is 14.2 Å². The van der Waals surface area contributed by atoms with E-state index in [9.17, 15) is 0 Å². The topological polar surface area (TPSA) is 109 Å². The van der Waals surface area contributed by atoms with E-state index in [0.717, 1.165) is 13.0 Å². The summed E-state index contributed by atoms with van der Waals surface area (Å²) in [6.45, 7) is 13.1. The average Bonchev–Trinajstić information content (AvgIpc) is 2.56. The van der Waals surface area contributed by atoms with Crippen LogP contribution in [0.4, 0.5) is 0 Å². The Labute approximate surface area is 147 Å². The summed E-state index contributed by atoms with van der Waals surface area (Å²) in [5.74, 6) is 0. The van der Waals surface area contributed by atoms with Crippen molar-refractivity contribution in [3.63, 3.8) is 0 Å². The predicted octanol–water partition coefficient (Wildman–Crippen LogP) is 0.962. The molecule has 150 valence electrons. The van der Waals surface area contributed by atoms with Crippen molar-refractivity contribution in [1.82, 2.24) is 0 Å². The fraction of sp³-hybridized carbons (Fsp3) is 1.00. The fourth-order valence-electron chi connectivity index (χ4n) is 1.07. The Hall–Kier alpha value is -0.280. The van der Waals surface area contributed by atoms with Gasteiger partial charge in [-0.2, -0.15) is 0 Å². The molecule has 0 fully saturated rings. The molecule has 0 spiro atoms. The van der Waals surface area contributed by atoms with E-state index in [4.69, 9.17) is 34.6 Å². The highest BCUT2D eigenvalue weighted by Crippen LogP contribution is 2.00. The molecule has 4 N–H and O–H groups in total. The molecule has 7 nitrogen and oxygen atoms in total. The first-order valence-corrected chi connectivity index (χ1v) is 8.64. The van der Waals surface area contributed by atoms with E-state index in [1.165, 1.54) is 6.92 Å². The minimum Gasteiger partial charge on any atom is -0.397 e. The number of hydrogen-bond donors (Lipinski definition) is 4. The third-order valence-corrected chi connectivity index (χ3v) is 2.36. The maximum atomic E-state index is 8.78. The van der Waals surface area contributed by atoms with Crippen LogP contribution in [0.15, 0.2) is 0 Å². The van der Waals surface area contributed by atoms with E-state index >= 15 is 0 Å². The van der Waals surface area contributed by atoms with E-state index in [0.29, 0.717) is 13.2 Å². The smallest absolute Gasteiger partial charge is 0.0781 e. The van der Waals surface area contributed by atoms with Gasteiger partial charge in [0.05, 0.1) is 50.8 Å². The van der Waals surface area contributed by atoms with Crippen LogP contribution in [0.2, 0.25) is 0 Å². The van der Waals surface area contributed by atoms with Crippen LogP contribution < -0.4 is 0 Å². The molecule has 0 aliphatic carbocycles. The lowest BCUT2D eigenvalue weighted by atomic mass is 10.4. The Morgan fingerprint density at radius 2 is 1.08 bits per heavy atom. The number of ether oxygens (including phenoxy) is 3. The van der Waals surface area contributed by atoms with Crippen molar-refractivity contribution in [2.75, 3.05) is 39.6 Å². The molecule has 0 amide bonds. The summed E-state index contributed by atoms with van der Waals surface area (Å²) in [7, 11) is 0. The molecule has 0 radical (unpaired) electrons. The van der Waals surface area contributed by atoms with Crippen LogP contribution in [-0.4, -0.2) is 84.5 Å². The molecule has 4 atom stereocenters. The van der Waals surface area contributed by atoms with Crippen LogP contribution in [0.25, 0.3) is 0 Å². The molecular formula is C17H40O7. The average molecular weight is 357 g/mol. The van der Waals surface area contributed by atoms with Gasteiger partial charge in [-0.25, -0.2) is 0 Å². The highest BCUT2D eigenvalue weighted by molar-refractivity contribution is 4.54. The van der Waals surface area contributed by atoms with Crippen LogP contribution in [0, 0.1) is 0 Å². The molecular weight excluding hydrogens is 316 g/mol. The van der Waals surface area contributed by atoms with Gasteiger partial charge in [-0.15, -0.1) is 0 Å². The van der Waals surface area contributed by atoms with Crippen molar-refractivity contribution < 1.29 is 34.6 Å². The summed E-state index contributed by atoms with van der Waals surface area (Å²) in [5, 5.41) is 32.4. The maximum Gasteiger partial charge on any atom is 0.0781 e. The van der Waals surface area contributed by atoms with Crippen LogP contribution in [0.1, 0.15) is 48.0 Å². The molecule has 4 unspecified atom stereocenters. The summed E-state index contributed by atoms with van der Waals surface area (Å²) in [6.07, 6.45) is 0.492. The maximum absolute atomic E-state index is 8.78. The van der Waals surface area contributed by atoms with E-state index in [1.807, 2.05) is 20.8 Å². The second-order valence-corrected chi connectivity index (χ2v) is 5.50. The zero-order chi connectivity index (χ0) is 19.4. The van der Waals surface area contributed by atoms with Gasteiger partial charge in [0.15, 0.2) is 0 Å². The number of aliphatic hydroxyl groups is 4. The van der Waals surface area contributed by atoms with E-state index < -0.39 is 6.10 Å². The summed E-state index contributed by atoms with van der Waals surface area (Å²) in [4.78, 5) is 0. The molecule has 0 aliphatic heterocycles. The van der Waals surface area contributed by atoms with Crippen LogP contribution in [0.3, 0.4) is 0 Å². The molecule has 0 aromatic rings. The Morgan fingerprint density at radius 3 is 1.42 bits per heavy atom. The molecule has 0 saturated heterocycles. The van der Waals surface area contributed by atoms with Gasteiger partial charge in [-0.05, 0) is 41.0 Å². The zero-order valence-corrected chi connectivity index (χ0v) is 16.3. The van der Waals surface area contributed by atoms with Crippen molar-refractivity contribution >= 4 is 0 Å². The van der Waals surface area contributed by atoms with E-state index in [-0.39, 0.29) is 38.1 Å². The van der Waals surface area contributed by atoms with Gasteiger partial charge in [0.25, 0.3) is 0 Å². The van der Waals surface area contributed by atoms with E-state index in [1.54, 1.807) is 6.92 Å². The van der Waals surface area contributed by atoms with Crippen molar-refractivity contribution in [2.45, 2.75) is 72.4 Å². The monoisotopic (exact) mass is 356 g/mol. The number of rotatable bonds is 11. The Balaban J connectivity index is -0.000000458. The lowest BCUT2D eigenvalue weighted by molar-refractivity contribution is -0.0742. The van der Waals surface area contributed by atoms with Gasteiger partial charge in [0.2, 0.25) is 0 Å². The predicted molar refractivity (Wildman–Crippen MR) is 95.1 cm³/mol. The van der Waals surface area contributed by atoms with Crippen molar-refractivity contribution in [3.8, 4) is 0 Å². The second kappa shape index (κ2) is 22.7. The first-order chi connectivity index (χ1) is 11.3. The van der Waals surface area contributed by atoms with Crippen LogP contribution >= 0.6 is 0 Å². The third kappa shape index (κ3) is 29.7. The molecule has 0 aromatic heterocycles. The normalized spacial score (nSPS) is 15.2. The van der Waals surface area contributed by atoms with Gasteiger partial charge in [0, 0.05) is 13.2 Å². The van der Waals surface area contributed by atoms with Crippen molar-refractivity contribution in [3.05, 3.63) is 0 Å². The molecule has 0 rings (SSSR count). The molecule has 0 aromatic carbocycles. The summed E-state index contributed by atoms with van der Waals surface area (Å²) >= 11 is 0. The summed E-state index contributed by atoms with van der Waals surface area (Å²) in [6, 6.07) is 0. The number of aliphatic hydroxyl groups excluding tert-OH is 4. The quantitative estimate of drug-likeness (QED) is 0.437. The summed E-state index contributed by atoms with van der Waals surface area (Å²) < 4.78 is 16.4. The standard InChI is InChI=1S/C12H26O4.C3H8O2.C2H6O/c1-5-6-14-11(3)8-16-12(4)9-15-10(2)7-13;1-3(5)2-4;1-2-3/h10-13H,5-9H2,1-4H3;3-5H,2H2,1H3;3H,2H2,1H3. The highest BCUT2D eigenvalue weighted by atomic mass is 16.6.